The minimum Gasteiger partial charge on any atom is -0.493 e. The summed E-state index contributed by atoms with van der Waals surface area (Å²) in [5.41, 5.74) is 0.226. The van der Waals surface area contributed by atoms with Gasteiger partial charge >= 0.3 is 5.97 Å². The fourth-order valence-corrected chi connectivity index (χ4v) is 2.08. The highest BCUT2D eigenvalue weighted by atomic mass is 16.5. The smallest absolute Gasteiger partial charge is 0.339 e. The topological polar surface area (TPSA) is 46.5 Å². The molecule has 0 spiro atoms. The van der Waals surface area contributed by atoms with Crippen LogP contribution in [0.3, 0.4) is 0 Å². The number of allylic oxidation sites excluding steroid dienone is 2. The summed E-state index contributed by atoms with van der Waals surface area (Å²) >= 11 is 0. The van der Waals surface area contributed by atoms with Crippen molar-refractivity contribution >= 4 is 5.97 Å². The highest BCUT2D eigenvalue weighted by Crippen LogP contribution is 2.18. The van der Waals surface area contributed by atoms with Gasteiger partial charge in [0, 0.05) is 0 Å². The summed E-state index contributed by atoms with van der Waals surface area (Å²) in [6, 6.07) is 6.76. The molecule has 1 aromatic rings. The molecular weight excluding hydrogens is 264 g/mol. The average Bonchev–Trinajstić information content (AvgIpc) is 2.49. The molecule has 0 radical (unpaired) electrons. The first-order valence-electron chi connectivity index (χ1n) is 7.85. The van der Waals surface area contributed by atoms with Crippen LogP contribution in [0.5, 0.6) is 5.75 Å². The van der Waals surface area contributed by atoms with Crippen molar-refractivity contribution in [3.63, 3.8) is 0 Å². The molecule has 0 fully saturated rings. The fourth-order valence-electron chi connectivity index (χ4n) is 2.08. The van der Waals surface area contributed by atoms with Crippen LogP contribution >= 0.6 is 0 Å². The van der Waals surface area contributed by atoms with E-state index >= 15 is 0 Å². The Morgan fingerprint density at radius 2 is 1.81 bits per heavy atom. The number of unbranched alkanes of at least 4 members (excludes halogenated alkanes) is 5. The monoisotopic (exact) mass is 290 g/mol. The van der Waals surface area contributed by atoms with Crippen LogP contribution in [0.15, 0.2) is 36.4 Å². The van der Waals surface area contributed by atoms with Crippen LogP contribution in [0.2, 0.25) is 0 Å². The van der Waals surface area contributed by atoms with Gasteiger partial charge in [0.25, 0.3) is 0 Å². The molecule has 0 atom stereocenters. The van der Waals surface area contributed by atoms with Crippen molar-refractivity contribution in [1.82, 2.24) is 0 Å². The van der Waals surface area contributed by atoms with E-state index in [0.29, 0.717) is 12.4 Å². The minimum atomic E-state index is -0.947. The van der Waals surface area contributed by atoms with E-state index in [-0.39, 0.29) is 5.56 Å². The molecule has 0 aliphatic carbocycles. The molecular formula is C18H26O3. The summed E-state index contributed by atoms with van der Waals surface area (Å²) in [7, 11) is 0. The van der Waals surface area contributed by atoms with Gasteiger partial charge in [-0.25, -0.2) is 4.79 Å². The maximum absolute atomic E-state index is 11.0. The molecule has 0 aromatic heterocycles. The normalized spacial score (nSPS) is 10.9. The molecule has 0 aliphatic rings. The van der Waals surface area contributed by atoms with Gasteiger partial charge in [-0.3, -0.25) is 0 Å². The second-order valence-electron chi connectivity index (χ2n) is 5.11. The number of aromatic carboxylic acids is 1. The molecule has 3 heteroatoms. The van der Waals surface area contributed by atoms with Crippen LogP contribution < -0.4 is 4.74 Å². The molecule has 0 saturated carbocycles. The molecule has 1 aromatic carbocycles. The van der Waals surface area contributed by atoms with E-state index in [1.54, 1.807) is 24.3 Å². The lowest BCUT2D eigenvalue weighted by atomic mass is 10.1. The Balaban J connectivity index is 2.14. The number of ether oxygens (including phenoxy) is 1. The Labute approximate surface area is 127 Å². The van der Waals surface area contributed by atoms with E-state index in [0.717, 1.165) is 19.3 Å². The van der Waals surface area contributed by atoms with Crippen molar-refractivity contribution < 1.29 is 14.6 Å². The molecule has 0 saturated heterocycles. The maximum atomic E-state index is 11.0. The summed E-state index contributed by atoms with van der Waals surface area (Å²) in [6.45, 7) is 2.77. The Bertz CT molecular complexity index is 438. The van der Waals surface area contributed by atoms with Gasteiger partial charge in [-0.1, -0.05) is 50.5 Å². The van der Waals surface area contributed by atoms with Crippen molar-refractivity contribution in [2.24, 2.45) is 0 Å². The molecule has 0 bridgehead atoms. The van der Waals surface area contributed by atoms with E-state index in [1.165, 1.54) is 25.7 Å². The molecule has 0 aliphatic heterocycles. The van der Waals surface area contributed by atoms with Crippen LogP contribution in [-0.4, -0.2) is 17.7 Å². The van der Waals surface area contributed by atoms with Crippen molar-refractivity contribution in [2.75, 3.05) is 6.61 Å². The first-order valence-corrected chi connectivity index (χ1v) is 7.85. The number of carboxylic acids is 1. The molecule has 116 valence electrons. The lowest BCUT2D eigenvalue weighted by molar-refractivity contribution is 0.0692. The fraction of sp³-hybridized carbons (Fsp3) is 0.500. The lowest BCUT2D eigenvalue weighted by Crippen LogP contribution is -2.03. The Morgan fingerprint density at radius 3 is 2.52 bits per heavy atom. The number of hydrogen-bond acceptors (Lipinski definition) is 2. The summed E-state index contributed by atoms with van der Waals surface area (Å²) in [6.07, 6.45) is 12.6. The second kappa shape index (κ2) is 11.0. The first-order chi connectivity index (χ1) is 10.3. The quantitative estimate of drug-likeness (QED) is 0.457. The van der Waals surface area contributed by atoms with E-state index < -0.39 is 5.97 Å². The molecule has 0 amide bonds. The molecule has 21 heavy (non-hydrogen) atoms. The van der Waals surface area contributed by atoms with Gasteiger partial charge in [0.2, 0.25) is 0 Å². The molecule has 1 N–H and O–H groups in total. The first kappa shape index (κ1) is 17.3. The van der Waals surface area contributed by atoms with Crippen LogP contribution in [0.1, 0.15) is 62.2 Å². The summed E-state index contributed by atoms with van der Waals surface area (Å²) in [5, 5.41) is 9.04. The molecule has 0 heterocycles. The number of rotatable bonds is 11. The Morgan fingerprint density at radius 1 is 1.10 bits per heavy atom. The van der Waals surface area contributed by atoms with Crippen molar-refractivity contribution in [3.8, 4) is 5.75 Å². The molecule has 1 rings (SSSR count). The number of para-hydroxylation sites is 1. The number of carboxylic acid groups (broad SMARTS) is 1. The van der Waals surface area contributed by atoms with Crippen LogP contribution in [0, 0.1) is 0 Å². The second-order valence-corrected chi connectivity index (χ2v) is 5.11. The van der Waals surface area contributed by atoms with Crippen LogP contribution in [0.25, 0.3) is 0 Å². The zero-order valence-corrected chi connectivity index (χ0v) is 12.9. The predicted octanol–water partition coefficient (Wildman–Crippen LogP) is 5.07. The zero-order chi connectivity index (χ0) is 15.3. The van der Waals surface area contributed by atoms with Gasteiger partial charge in [-0.15, -0.1) is 0 Å². The minimum absolute atomic E-state index is 0.226. The summed E-state index contributed by atoms with van der Waals surface area (Å²) in [5.74, 6) is -0.494. The van der Waals surface area contributed by atoms with Gasteiger partial charge in [0.1, 0.15) is 11.3 Å². The van der Waals surface area contributed by atoms with Gasteiger partial charge < -0.3 is 9.84 Å². The lowest BCUT2D eigenvalue weighted by Gasteiger charge is -2.07. The van der Waals surface area contributed by atoms with Crippen LogP contribution in [-0.2, 0) is 0 Å². The highest BCUT2D eigenvalue weighted by Gasteiger charge is 2.09. The summed E-state index contributed by atoms with van der Waals surface area (Å²) in [4.78, 5) is 11.0. The van der Waals surface area contributed by atoms with E-state index in [2.05, 4.69) is 19.1 Å². The van der Waals surface area contributed by atoms with Gasteiger partial charge in [-0.05, 0) is 37.8 Å². The standard InChI is InChI=1S/C18H26O3/c1-2-3-4-5-6-7-8-9-12-15-21-17-14-11-10-13-16(17)18(19)20/h7-8,10-11,13-14H,2-6,9,12,15H2,1H3,(H,19,20). The molecule has 3 nitrogen and oxygen atoms in total. The Kier molecular flexibility index (Phi) is 9.01. The van der Waals surface area contributed by atoms with E-state index in [4.69, 9.17) is 9.84 Å². The third-order valence-corrected chi connectivity index (χ3v) is 3.28. The predicted molar refractivity (Wildman–Crippen MR) is 86.0 cm³/mol. The highest BCUT2D eigenvalue weighted by molar-refractivity contribution is 5.90. The largest absolute Gasteiger partial charge is 0.493 e. The SMILES string of the molecule is CCCCCCC=CCCCOc1ccccc1C(=O)O. The molecule has 0 unspecified atom stereocenters. The zero-order valence-electron chi connectivity index (χ0n) is 12.9. The van der Waals surface area contributed by atoms with Gasteiger partial charge in [0.05, 0.1) is 6.61 Å². The summed E-state index contributed by atoms with van der Waals surface area (Å²) < 4.78 is 5.54. The number of carbonyl (C=O) groups is 1. The number of hydrogen-bond donors (Lipinski definition) is 1. The third kappa shape index (κ3) is 7.54. The maximum Gasteiger partial charge on any atom is 0.339 e. The van der Waals surface area contributed by atoms with Crippen molar-refractivity contribution in [1.29, 1.82) is 0 Å². The van der Waals surface area contributed by atoms with E-state index in [1.807, 2.05) is 0 Å². The van der Waals surface area contributed by atoms with Crippen LogP contribution in [0.4, 0.5) is 0 Å². The Hall–Kier alpha value is -1.77. The van der Waals surface area contributed by atoms with Crippen molar-refractivity contribution in [3.05, 3.63) is 42.0 Å². The average molecular weight is 290 g/mol. The van der Waals surface area contributed by atoms with Gasteiger partial charge in [0.15, 0.2) is 0 Å². The van der Waals surface area contributed by atoms with Crippen molar-refractivity contribution in [2.45, 2.75) is 51.9 Å². The van der Waals surface area contributed by atoms with Gasteiger partial charge in [-0.2, -0.15) is 0 Å². The number of benzene rings is 1. The third-order valence-electron chi connectivity index (χ3n) is 3.28. The van der Waals surface area contributed by atoms with E-state index in [9.17, 15) is 4.79 Å².